The summed E-state index contributed by atoms with van der Waals surface area (Å²) >= 11 is 0. The molecule has 1 amide bonds. The summed E-state index contributed by atoms with van der Waals surface area (Å²) in [5.74, 6) is -0.576. The van der Waals surface area contributed by atoms with Gasteiger partial charge in [0.05, 0.1) is 25.2 Å². The van der Waals surface area contributed by atoms with E-state index in [-0.39, 0.29) is 24.9 Å². The first kappa shape index (κ1) is 62.0. The maximum Gasteiger partial charge on any atom is 0.306 e. The molecule has 65 heavy (non-hydrogen) atoms. The lowest BCUT2D eigenvalue weighted by molar-refractivity contribution is -0.151. The Kier molecular flexibility index (Phi) is 49.6. The van der Waals surface area contributed by atoms with Crippen LogP contribution in [0, 0.1) is 0 Å². The van der Waals surface area contributed by atoms with Crippen LogP contribution in [0.2, 0.25) is 0 Å². The van der Waals surface area contributed by atoms with E-state index in [0.717, 1.165) is 77.0 Å². The monoisotopic (exact) mass is 906 g/mol. The second-order valence-electron chi connectivity index (χ2n) is 18.3. The number of nitrogens with one attached hydrogen (secondary N) is 1. The fraction of sp³-hybridized carbons (Fsp3) is 0.729. The van der Waals surface area contributed by atoms with Gasteiger partial charge in [-0.3, -0.25) is 9.59 Å². The van der Waals surface area contributed by atoms with Crippen LogP contribution in [-0.2, 0) is 14.3 Å². The normalized spacial score (nSPS) is 13.9. The quantitative estimate of drug-likeness (QED) is 0.0245. The number of hydrogen-bond donors (Lipinski definition) is 3. The summed E-state index contributed by atoms with van der Waals surface area (Å²) in [5.41, 5.74) is 0. The number of carbonyl (C=O) groups excluding carboxylic acids is 2. The predicted molar refractivity (Wildman–Crippen MR) is 282 cm³/mol. The summed E-state index contributed by atoms with van der Waals surface area (Å²) < 4.78 is 5.90. The van der Waals surface area contributed by atoms with Crippen LogP contribution < -0.4 is 5.32 Å². The summed E-state index contributed by atoms with van der Waals surface area (Å²) in [6.07, 6.45) is 67.8. The van der Waals surface area contributed by atoms with Crippen LogP contribution in [0.25, 0.3) is 0 Å². The van der Waals surface area contributed by atoms with E-state index in [9.17, 15) is 19.8 Å². The lowest BCUT2D eigenvalue weighted by Crippen LogP contribution is -2.46. The van der Waals surface area contributed by atoms with Crippen LogP contribution in [0.1, 0.15) is 252 Å². The van der Waals surface area contributed by atoms with Crippen LogP contribution in [0.4, 0.5) is 0 Å². The molecule has 6 heteroatoms. The molecular formula is C59H103NO5. The zero-order valence-electron chi connectivity index (χ0n) is 42.6. The van der Waals surface area contributed by atoms with Crippen molar-refractivity contribution in [2.45, 2.75) is 270 Å². The summed E-state index contributed by atoms with van der Waals surface area (Å²) in [5, 5.41) is 23.8. The van der Waals surface area contributed by atoms with E-state index in [1.807, 2.05) is 0 Å². The van der Waals surface area contributed by atoms with Gasteiger partial charge >= 0.3 is 5.97 Å². The fourth-order valence-corrected chi connectivity index (χ4v) is 7.84. The topological polar surface area (TPSA) is 95.9 Å². The summed E-state index contributed by atoms with van der Waals surface area (Å²) in [4.78, 5) is 26.2. The number of carbonyl (C=O) groups is 2. The number of amides is 1. The molecule has 0 bridgehead atoms. The minimum Gasteiger partial charge on any atom is -0.462 e. The van der Waals surface area contributed by atoms with Crippen LogP contribution in [0.3, 0.4) is 0 Å². The smallest absolute Gasteiger partial charge is 0.306 e. The molecule has 0 radical (unpaired) electrons. The SMILES string of the molecule is CCCCC/C=C\C/C=C\C/C=C\C/C=C\CCCC(=O)OC(CCCCC/C=C/C=C/C=C/CCCCCCC)CC(=O)NC(CO)C(O)CCCCCCCCCCCCCCC. The van der Waals surface area contributed by atoms with Crippen LogP contribution in [0.15, 0.2) is 85.1 Å². The molecule has 0 aromatic carbocycles. The van der Waals surface area contributed by atoms with Crippen molar-refractivity contribution in [2.75, 3.05) is 6.61 Å². The van der Waals surface area contributed by atoms with E-state index in [1.54, 1.807) is 0 Å². The highest BCUT2D eigenvalue weighted by atomic mass is 16.5. The van der Waals surface area contributed by atoms with Crippen molar-refractivity contribution < 1.29 is 24.5 Å². The minimum absolute atomic E-state index is 0.0296. The Morgan fingerprint density at radius 1 is 0.462 bits per heavy atom. The molecule has 3 atom stereocenters. The lowest BCUT2D eigenvalue weighted by atomic mass is 10.0. The number of ether oxygens (including phenoxy) is 1. The molecule has 3 unspecified atom stereocenters. The molecule has 0 spiro atoms. The first-order valence-electron chi connectivity index (χ1n) is 27.3. The van der Waals surface area contributed by atoms with Gasteiger partial charge in [0.15, 0.2) is 0 Å². The average molecular weight is 906 g/mol. The zero-order chi connectivity index (χ0) is 47.4. The van der Waals surface area contributed by atoms with Crippen molar-refractivity contribution >= 4 is 11.9 Å². The molecule has 0 aliphatic heterocycles. The van der Waals surface area contributed by atoms with E-state index in [1.165, 1.54) is 122 Å². The highest BCUT2D eigenvalue weighted by Gasteiger charge is 2.24. The Morgan fingerprint density at radius 3 is 1.35 bits per heavy atom. The number of esters is 1. The molecule has 0 saturated carbocycles. The Bertz CT molecular complexity index is 1250. The van der Waals surface area contributed by atoms with Gasteiger partial charge < -0.3 is 20.3 Å². The van der Waals surface area contributed by atoms with Gasteiger partial charge in [-0.2, -0.15) is 0 Å². The first-order chi connectivity index (χ1) is 32.0. The number of allylic oxidation sites excluding steroid dienone is 14. The fourth-order valence-electron chi connectivity index (χ4n) is 7.84. The Labute approximate surface area is 402 Å². The molecule has 0 rings (SSSR count). The van der Waals surface area contributed by atoms with E-state index in [4.69, 9.17) is 4.74 Å². The van der Waals surface area contributed by atoms with Gasteiger partial charge in [0.25, 0.3) is 0 Å². The van der Waals surface area contributed by atoms with Gasteiger partial charge in [-0.25, -0.2) is 0 Å². The second-order valence-corrected chi connectivity index (χ2v) is 18.3. The molecule has 6 nitrogen and oxygen atoms in total. The Morgan fingerprint density at radius 2 is 0.846 bits per heavy atom. The van der Waals surface area contributed by atoms with Crippen molar-refractivity contribution in [1.29, 1.82) is 0 Å². The molecule has 0 aliphatic rings. The van der Waals surface area contributed by atoms with Crippen LogP contribution >= 0.6 is 0 Å². The summed E-state index contributed by atoms with van der Waals surface area (Å²) in [6, 6.07) is -0.728. The maximum atomic E-state index is 13.2. The second kappa shape index (κ2) is 52.0. The number of hydrogen-bond acceptors (Lipinski definition) is 5. The van der Waals surface area contributed by atoms with E-state index in [0.29, 0.717) is 25.7 Å². The molecule has 0 aliphatic carbocycles. The summed E-state index contributed by atoms with van der Waals surface area (Å²) in [7, 11) is 0. The third kappa shape index (κ3) is 47.3. The van der Waals surface area contributed by atoms with Gasteiger partial charge in [-0.1, -0.05) is 234 Å². The van der Waals surface area contributed by atoms with Crippen molar-refractivity contribution in [1.82, 2.24) is 5.32 Å². The van der Waals surface area contributed by atoms with E-state index < -0.39 is 18.2 Å². The third-order valence-corrected chi connectivity index (χ3v) is 12.0. The minimum atomic E-state index is -0.811. The molecule has 0 aromatic rings. The van der Waals surface area contributed by atoms with Gasteiger partial charge in [0, 0.05) is 6.42 Å². The lowest BCUT2D eigenvalue weighted by Gasteiger charge is -2.24. The van der Waals surface area contributed by atoms with Gasteiger partial charge in [-0.05, 0) is 89.9 Å². The zero-order valence-corrected chi connectivity index (χ0v) is 42.6. The molecule has 0 saturated heterocycles. The van der Waals surface area contributed by atoms with Crippen molar-refractivity contribution in [3.8, 4) is 0 Å². The van der Waals surface area contributed by atoms with Crippen LogP contribution in [-0.4, -0.2) is 46.9 Å². The number of aliphatic hydroxyl groups excluding tert-OH is 2. The molecule has 0 heterocycles. The molecule has 0 aromatic heterocycles. The Hall–Kier alpha value is -2.96. The highest BCUT2D eigenvalue weighted by molar-refractivity contribution is 5.77. The number of rotatable bonds is 48. The van der Waals surface area contributed by atoms with Crippen LogP contribution in [0.5, 0.6) is 0 Å². The van der Waals surface area contributed by atoms with Gasteiger partial charge in [-0.15, -0.1) is 0 Å². The van der Waals surface area contributed by atoms with Crippen molar-refractivity contribution in [2.24, 2.45) is 0 Å². The van der Waals surface area contributed by atoms with Gasteiger partial charge in [0.2, 0.25) is 5.91 Å². The highest BCUT2D eigenvalue weighted by Crippen LogP contribution is 2.17. The maximum absolute atomic E-state index is 13.2. The van der Waals surface area contributed by atoms with Crippen molar-refractivity contribution in [3.05, 3.63) is 85.1 Å². The standard InChI is InChI=1S/C59H103NO5/c1-4-7-10-13-16-19-22-25-27-29-31-34-37-40-43-46-49-52-59(64)65-55(50-47-44-41-38-35-33-30-28-26-23-20-17-14-11-8-5-2)53-58(63)60-56(54-61)57(62)51-48-45-42-39-36-32-24-21-18-15-12-9-6-3/h16,19,23,25-28,30-31,33-35,40,43,55-57,61-62H,4-15,17-18,20-22,24,29,32,36-39,41-42,44-54H2,1-3H3,(H,60,63)/b19-16-,26-23+,27-25-,30-28+,34-31-,35-33+,43-40-. The average Bonchev–Trinajstić information content (AvgIpc) is 3.30. The third-order valence-electron chi connectivity index (χ3n) is 12.0. The van der Waals surface area contributed by atoms with Gasteiger partial charge in [0.1, 0.15) is 6.10 Å². The number of unbranched alkanes of at least 4 members (excludes halogenated alkanes) is 24. The predicted octanol–water partition coefficient (Wildman–Crippen LogP) is 16.7. The molecule has 3 N–H and O–H groups in total. The number of aliphatic hydroxyl groups is 2. The summed E-state index contributed by atoms with van der Waals surface area (Å²) in [6.45, 7) is 6.42. The Balaban J connectivity index is 4.75. The first-order valence-corrected chi connectivity index (χ1v) is 27.3. The molecule has 374 valence electrons. The van der Waals surface area contributed by atoms with E-state index in [2.05, 4.69) is 111 Å². The van der Waals surface area contributed by atoms with E-state index >= 15 is 0 Å². The van der Waals surface area contributed by atoms with Crippen molar-refractivity contribution in [3.63, 3.8) is 0 Å². The largest absolute Gasteiger partial charge is 0.462 e. The molecule has 0 fully saturated rings. The molecular weight excluding hydrogens is 803 g/mol.